The van der Waals surface area contributed by atoms with Crippen molar-refractivity contribution in [3.8, 4) is 0 Å². The second kappa shape index (κ2) is 51.3. The van der Waals surface area contributed by atoms with Crippen molar-refractivity contribution < 1.29 is 85.8 Å². The minimum atomic E-state index is -0.559. The van der Waals surface area contributed by atoms with Gasteiger partial charge in [0, 0.05) is 138 Å². The molecular weight excluding hydrogens is 1830 g/mol. The largest absolute Gasteiger partial charge is 0.469 e. The van der Waals surface area contributed by atoms with E-state index >= 15 is 0 Å². The van der Waals surface area contributed by atoms with Crippen molar-refractivity contribution in [2.45, 2.75) is 529 Å². The van der Waals surface area contributed by atoms with Crippen LogP contribution in [-0.4, -0.2) is 192 Å². The molecule has 0 amide bonds. The first kappa shape index (κ1) is 123. The monoisotopic (exact) mass is 2040 g/mol. The van der Waals surface area contributed by atoms with Gasteiger partial charge in [-0.3, -0.25) is 43.2 Å². The summed E-state index contributed by atoms with van der Waals surface area (Å²) in [6.07, 6.45) is 38.1. The number of rotatable bonds is 32. The molecule has 145 heavy (non-hydrogen) atoms. The fraction of sp³-hybridized carbons (Fsp3) is 0.925. The van der Waals surface area contributed by atoms with Crippen LogP contribution in [0.1, 0.15) is 452 Å². The molecule has 0 aromatic carbocycles. The molecule has 13 rings (SSSR count). The van der Waals surface area contributed by atoms with E-state index in [2.05, 4.69) is 245 Å². The normalized spacial score (nSPS) is 33.6. The number of esters is 9. The van der Waals surface area contributed by atoms with Crippen molar-refractivity contribution >= 4 is 53.7 Å². The van der Waals surface area contributed by atoms with Crippen molar-refractivity contribution in [2.24, 2.45) is 118 Å². The van der Waals surface area contributed by atoms with Gasteiger partial charge in [0.05, 0.1) is 96.0 Å². The second-order valence-electron chi connectivity index (χ2n) is 57.0. The first-order chi connectivity index (χ1) is 67.1. The topological polar surface area (TPSA) is 321 Å². The molecule has 7 aliphatic heterocycles. The summed E-state index contributed by atoms with van der Waals surface area (Å²) in [6, 6.07) is 0. The Morgan fingerprint density at radius 2 is 0.372 bits per heavy atom. The third kappa shape index (κ3) is 37.7. The summed E-state index contributed by atoms with van der Waals surface area (Å²) >= 11 is 0. The van der Waals surface area contributed by atoms with Crippen LogP contribution in [0.5, 0.6) is 0 Å². The Kier molecular flexibility index (Phi) is 43.7. The number of nitrogens with one attached hydrogen (secondary N) is 7. The molecule has 7 heterocycles. The SMILES string of the molecule is CC1(C)CC(COC(=O)CC(CC(=O)OCC2CC(C)(C)NC2(C)C)CC(=O)OCC2CC(C)(C)NC2(C)C)C(C)(C)N1.CCCC1CCC(C(=O)OCC2CC(C)(C)NC2(C)C)CC1.CCCC1CCC(C2CCC(C(=O)OCC3CC(C)(C)NC3(C)C)CC2)CC1.COC(=O)C1CCC(C(=O)OCC2CC(C)(C)NC2(C)C)CC1.COC(=O)C1CCC(C2CCC(C(=O)OCC3CC(C)(C)NC3(C)C)CC2)CC1. The third-order valence-electron chi connectivity index (χ3n) is 37.4. The molecule has 7 N–H and O–H groups in total. The Morgan fingerprint density at radius 1 is 0.221 bits per heavy atom. The van der Waals surface area contributed by atoms with Gasteiger partial charge in [-0.05, 0) is 421 Å². The average Bonchev–Trinajstić information content (AvgIpc) is 1.65. The maximum atomic E-state index is 13.0. The Balaban J connectivity index is 0.000000206. The molecule has 0 bridgehead atoms. The lowest BCUT2D eigenvalue weighted by atomic mass is 9.69. The van der Waals surface area contributed by atoms with Crippen molar-refractivity contribution in [3.05, 3.63) is 0 Å². The highest BCUT2D eigenvalue weighted by Gasteiger charge is 2.53. The molecule has 6 aliphatic carbocycles. The smallest absolute Gasteiger partial charge is 0.308 e. The van der Waals surface area contributed by atoms with Gasteiger partial charge in [-0.15, -0.1) is 0 Å². The van der Waals surface area contributed by atoms with Crippen LogP contribution in [0.25, 0.3) is 0 Å². The molecule has 13 aliphatic rings. The van der Waals surface area contributed by atoms with E-state index in [0.717, 1.165) is 171 Å². The highest BCUT2D eigenvalue weighted by Crippen LogP contribution is 2.49. The molecule has 836 valence electrons. The Morgan fingerprint density at radius 3 is 0.538 bits per heavy atom. The fourth-order valence-electron chi connectivity index (χ4n) is 29.9. The van der Waals surface area contributed by atoms with Crippen LogP contribution in [-0.2, 0) is 85.8 Å². The lowest BCUT2D eigenvalue weighted by molar-refractivity contribution is -0.155. The van der Waals surface area contributed by atoms with E-state index in [4.69, 9.17) is 42.6 Å². The minimum absolute atomic E-state index is 0.00445. The lowest BCUT2D eigenvalue weighted by Crippen LogP contribution is -2.46. The lowest BCUT2D eigenvalue weighted by Gasteiger charge is -2.37. The summed E-state index contributed by atoms with van der Waals surface area (Å²) in [5.41, 5.74) is -0.0613. The van der Waals surface area contributed by atoms with E-state index in [1.807, 2.05) is 0 Å². The van der Waals surface area contributed by atoms with Gasteiger partial charge in [-0.25, -0.2) is 0 Å². The fourth-order valence-corrected chi connectivity index (χ4v) is 29.9. The van der Waals surface area contributed by atoms with Gasteiger partial charge in [0.15, 0.2) is 0 Å². The molecule has 7 saturated heterocycles. The van der Waals surface area contributed by atoms with Crippen molar-refractivity contribution in [1.29, 1.82) is 0 Å². The third-order valence-corrected chi connectivity index (χ3v) is 37.4. The van der Waals surface area contributed by atoms with E-state index in [-0.39, 0.29) is 186 Å². The summed E-state index contributed by atoms with van der Waals surface area (Å²) in [5, 5.41) is 25.4. The van der Waals surface area contributed by atoms with Crippen molar-refractivity contribution in [3.63, 3.8) is 0 Å². The van der Waals surface area contributed by atoms with Gasteiger partial charge in [0.25, 0.3) is 0 Å². The van der Waals surface area contributed by atoms with Gasteiger partial charge in [-0.1, -0.05) is 52.4 Å². The second-order valence-corrected chi connectivity index (χ2v) is 57.0. The molecule has 0 radical (unpaired) electrons. The van der Waals surface area contributed by atoms with Crippen molar-refractivity contribution in [1.82, 2.24) is 37.2 Å². The molecule has 7 atom stereocenters. The van der Waals surface area contributed by atoms with E-state index in [0.29, 0.717) is 81.8 Å². The zero-order valence-corrected chi connectivity index (χ0v) is 97.7. The van der Waals surface area contributed by atoms with Gasteiger partial charge >= 0.3 is 53.7 Å². The summed E-state index contributed by atoms with van der Waals surface area (Å²) in [4.78, 5) is 112. The summed E-state index contributed by atoms with van der Waals surface area (Å²) in [6.45, 7) is 68.7. The van der Waals surface area contributed by atoms with Crippen LogP contribution in [0.4, 0.5) is 0 Å². The van der Waals surface area contributed by atoms with Gasteiger partial charge in [0.1, 0.15) is 0 Å². The maximum Gasteiger partial charge on any atom is 0.308 e. The number of carbonyl (C=O) groups excluding carboxylic acids is 9. The van der Waals surface area contributed by atoms with E-state index in [9.17, 15) is 43.2 Å². The molecular formula is C120H213N7O18. The van der Waals surface area contributed by atoms with E-state index < -0.39 is 23.8 Å². The number of hydrogen-bond acceptors (Lipinski definition) is 25. The quantitative estimate of drug-likeness (QED) is 0.0243. The van der Waals surface area contributed by atoms with Crippen molar-refractivity contribution in [2.75, 3.05) is 60.5 Å². The van der Waals surface area contributed by atoms with Crippen LogP contribution in [0.15, 0.2) is 0 Å². The first-order valence-electron chi connectivity index (χ1n) is 57.9. The van der Waals surface area contributed by atoms with Gasteiger partial charge in [0.2, 0.25) is 0 Å². The van der Waals surface area contributed by atoms with E-state index in [1.165, 1.54) is 91.3 Å². The standard InChI is InChI=1S/C34H61N3O6.C25H45NO2.C24H41NO4.C19H35NO2.C18H31NO4/c1-29(2)16-23(32(7,8)35-29)19-41-26(38)13-22(14-27(39)42-20-24-17-30(3,4)36-33(24,9)10)15-28(40)43-21-25-18-31(5,6)37-34(25,11)12;1-6-7-18-8-10-19(11-9-18)20-12-14-21(15-13-20)23(27)28-17-22-16-24(2,3)26-25(22,4)5;1-23(2)14-20(24(3,4)25-23)15-29-22(27)19-12-8-17(9-13-19)16-6-10-18(11-7-16)21(26)28-5;1-6-7-14-8-10-15(11-9-14)17(21)22-13-16-12-18(2,3)20-19(16,4)5;1-17(2)10-14(18(3,4)19-17)11-23-16(21)13-8-6-12(7-9-13)15(20)22-5/h22-25,35-37H,13-21H2,1-12H3;18-22,26H,6-17H2,1-5H3;16-20,25H,6-15H2,1-5H3;14-16,20H,6-13H2,1-5H3;12-14,19H,6-11H2,1-5H3. The number of methoxy groups -OCH3 is 2. The number of hydrogen-bond donors (Lipinski definition) is 7. The predicted octanol–water partition coefficient (Wildman–Crippen LogP) is 22.5. The van der Waals surface area contributed by atoms with Crippen LogP contribution in [0.2, 0.25) is 0 Å². The zero-order valence-electron chi connectivity index (χ0n) is 97.7. The molecule has 0 aromatic heterocycles. The Bertz CT molecular complexity index is 4000. The Labute approximate surface area is 879 Å². The van der Waals surface area contributed by atoms with Gasteiger partial charge in [-0.2, -0.15) is 0 Å². The van der Waals surface area contributed by atoms with Gasteiger partial charge < -0.3 is 79.8 Å². The average molecular weight is 2040 g/mol. The highest BCUT2D eigenvalue weighted by atomic mass is 16.6. The highest BCUT2D eigenvalue weighted by molar-refractivity contribution is 5.78. The zero-order chi connectivity index (χ0) is 108. The Hall–Kier alpha value is -5.05. The van der Waals surface area contributed by atoms with E-state index in [1.54, 1.807) is 0 Å². The molecule has 7 unspecified atom stereocenters. The molecule has 13 fully saturated rings. The number of ether oxygens (including phenoxy) is 9. The molecule has 6 saturated carbocycles. The van der Waals surface area contributed by atoms with Crippen LogP contribution in [0.3, 0.4) is 0 Å². The summed E-state index contributed by atoms with van der Waals surface area (Å²) in [5.74, 6) is 5.46. The minimum Gasteiger partial charge on any atom is -0.469 e. The molecule has 0 spiro atoms. The maximum absolute atomic E-state index is 13.0. The van der Waals surface area contributed by atoms with Crippen LogP contribution >= 0.6 is 0 Å². The van der Waals surface area contributed by atoms with Crippen LogP contribution in [0, 0.1) is 118 Å². The first-order valence-corrected chi connectivity index (χ1v) is 57.9. The molecule has 0 aromatic rings. The summed E-state index contributed by atoms with van der Waals surface area (Å²) < 4.78 is 49.8. The predicted molar refractivity (Wildman–Crippen MR) is 576 cm³/mol. The summed E-state index contributed by atoms with van der Waals surface area (Å²) in [7, 11) is 2.90. The van der Waals surface area contributed by atoms with Crippen LogP contribution < -0.4 is 37.2 Å². The molecule has 25 nitrogen and oxygen atoms in total. The number of carbonyl (C=O) groups is 9. The molecule has 25 heteroatoms.